The number of esters is 1. The maximum absolute atomic E-state index is 11.8. The van der Waals surface area contributed by atoms with Gasteiger partial charge >= 0.3 is 5.97 Å². The summed E-state index contributed by atoms with van der Waals surface area (Å²) in [6, 6.07) is 8.03. The van der Waals surface area contributed by atoms with Gasteiger partial charge in [0, 0.05) is 24.0 Å². The Morgan fingerprint density at radius 3 is 2.74 bits per heavy atom. The zero-order chi connectivity index (χ0) is 13.8. The molecule has 4 nitrogen and oxygen atoms in total. The fourth-order valence-corrected chi connectivity index (χ4v) is 2.49. The lowest BCUT2D eigenvalue weighted by atomic mass is 10.1. The second kappa shape index (κ2) is 6.19. The topological polar surface area (TPSA) is 46.6 Å². The molecule has 0 bridgehead atoms. The van der Waals surface area contributed by atoms with Gasteiger partial charge in [0.25, 0.3) is 0 Å². The largest absolute Gasteiger partial charge is 0.469 e. The molecule has 1 heterocycles. The third-order valence-electron chi connectivity index (χ3n) is 3.33. The Hall–Kier alpha value is -1.36. The summed E-state index contributed by atoms with van der Waals surface area (Å²) in [5.41, 5.74) is 1.18. The van der Waals surface area contributed by atoms with Gasteiger partial charge in [-0.2, -0.15) is 0 Å². The average molecular weight is 326 g/mol. The SMILES string of the molecule is COC(=O)C1CC(=O)N(CCc2ccc(Br)cc2)C1. The zero-order valence-corrected chi connectivity index (χ0v) is 12.4. The first kappa shape index (κ1) is 14.1. The minimum atomic E-state index is -0.303. The number of ether oxygens (including phenoxy) is 1. The van der Waals surface area contributed by atoms with Crippen molar-refractivity contribution in [2.45, 2.75) is 12.8 Å². The molecule has 1 amide bonds. The van der Waals surface area contributed by atoms with E-state index in [2.05, 4.69) is 20.7 Å². The molecular formula is C14H16BrNO3. The molecule has 0 saturated carbocycles. The number of likely N-dealkylation sites (tertiary alicyclic amines) is 1. The summed E-state index contributed by atoms with van der Waals surface area (Å²) in [6.07, 6.45) is 1.07. The van der Waals surface area contributed by atoms with Gasteiger partial charge in [0.05, 0.1) is 13.0 Å². The standard InChI is InChI=1S/C14H16BrNO3/c1-19-14(18)11-8-13(17)16(9-11)7-6-10-2-4-12(15)5-3-10/h2-5,11H,6-9H2,1H3. The molecule has 0 aliphatic carbocycles. The molecule has 1 aliphatic heterocycles. The van der Waals surface area contributed by atoms with Crippen molar-refractivity contribution in [3.05, 3.63) is 34.3 Å². The molecule has 1 fully saturated rings. The molecule has 1 aromatic carbocycles. The van der Waals surface area contributed by atoms with E-state index in [1.165, 1.54) is 12.7 Å². The van der Waals surface area contributed by atoms with E-state index in [9.17, 15) is 9.59 Å². The fourth-order valence-electron chi connectivity index (χ4n) is 2.23. The first-order valence-electron chi connectivity index (χ1n) is 6.20. The Morgan fingerprint density at radius 2 is 2.11 bits per heavy atom. The minimum Gasteiger partial charge on any atom is -0.469 e. The monoisotopic (exact) mass is 325 g/mol. The predicted octanol–water partition coefficient (Wildman–Crippen LogP) is 2.01. The summed E-state index contributed by atoms with van der Waals surface area (Å²) in [5.74, 6) is -0.561. The molecule has 0 N–H and O–H groups in total. The molecular weight excluding hydrogens is 310 g/mol. The van der Waals surface area contributed by atoms with Crippen LogP contribution in [0.2, 0.25) is 0 Å². The normalized spacial score (nSPS) is 18.7. The Labute approximate surface area is 120 Å². The number of carbonyl (C=O) groups is 2. The van der Waals surface area contributed by atoms with Gasteiger partial charge in [0.2, 0.25) is 5.91 Å². The second-order valence-corrected chi connectivity index (χ2v) is 5.56. The summed E-state index contributed by atoms with van der Waals surface area (Å²) in [7, 11) is 1.36. The Morgan fingerprint density at radius 1 is 1.42 bits per heavy atom. The molecule has 2 rings (SSSR count). The van der Waals surface area contributed by atoms with Crippen LogP contribution in [0.25, 0.3) is 0 Å². The van der Waals surface area contributed by atoms with Crippen molar-refractivity contribution >= 4 is 27.8 Å². The molecule has 5 heteroatoms. The number of rotatable bonds is 4. The van der Waals surface area contributed by atoms with Crippen molar-refractivity contribution in [3.8, 4) is 0 Å². The number of hydrogen-bond acceptors (Lipinski definition) is 3. The first-order chi connectivity index (χ1) is 9.10. The highest BCUT2D eigenvalue weighted by Crippen LogP contribution is 2.19. The number of methoxy groups -OCH3 is 1. The van der Waals surface area contributed by atoms with Gasteiger partial charge < -0.3 is 9.64 Å². The highest BCUT2D eigenvalue weighted by molar-refractivity contribution is 9.10. The van der Waals surface area contributed by atoms with Crippen LogP contribution >= 0.6 is 15.9 Å². The minimum absolute atomic E-state index is 0.0347. The molecule has 1 saturated heterocycles. The molecule has 1 atom stereocenters. The highest BCUT2D eigenvalue weighted by Gasteiger charge is 2.34. The van der Waals surface area contributed by atoms with E-state index in [1.54, 1.807) is 4.90 Å². The lowest BCUT2D eigenvalue weighted by Crippen LogP contribution is -2.28. The summed E-state index contributed by atoms with van der Waals surface area (Å²) < 4.78 is 5.72. The van der Waals surface area contributed by atoms with E-state index in [4.69, 9.17) is 0 Å². The van der Waals surface area contributed by atoms with Crippen molar-refractivity contribution in [2.75, 3.05) is 20.2 Å². The van der Waals surface area contributed by atoms with Crippen LogP contribution in [0.4, 0.5) is 0 Å². The summed E-state index contributed by atoms with van der Waals surface area (Å²) >= 11 is 3.39. The van der Waals surface area contributed by atoms with Gasteiger partial charge in [-0.25, -0.2) is 0 Å². The van der Waals surface area contributed by atoms with Crippen LogP contribution in [0.1, 0.15) is 12.0 Å². The van der Waals surface area contributed by atoms with Crippen LogP contribution < -0.4 is 0 Å². The number of benzene rings is 1. The maximum atomic E-state index is 11.8. The molecule has 1 aromatic rings. The highest BCUT2D eigenvalue weighted by atomic mass is 79.9. The van der Waals surface area contributed by atoms with Crippen molar-refractivity contribution in [2.24, 2.45) is 5.92 Å². The van der Waals surface area contributed by atoms with Crippen LogP contribution in [-0.4, -0.2) is 37.0 Å². The smallest absolute Gasteiger partial charge is 0.310 e. The van der Waals surface area contributed by atoms with Crippen LogP contribution in [0.3, 0.4) is 0 Å². The third-order valence-corrected chi connectivity index (χ3v) is 3.86. The van der Waals surface area contributed by atoms with Crippen LogP contribution in [-0.2, 0) is 20.7 Å². The second-order valence-electron chi connectivity index (χ2n) is 4.64. The predicted molar refractivity (Wildman–Crippen MR) is 74.5 cm³/mol. The van der Waals surface area contributed by atoms with Gasteiger partial charge in [-0.15, -0.1) is 0 Å². The van der Waals surface area contributed by atoms with Gasteiger partial charge in [0.1, 0.15) is 0 Å². The molecule has 0 spiro atoms. The van der Waals surface area contributed by atoms with E-state index in [1.807, 2.05) is 24.3 Å². The Bertz CT molecular complexity index is 472. The Balaban J connectivity index is 1.88. The number of nitrogens with zero attached hydrogens (tertiary/aromatic N) is 1. The zero-order valence-electron chi connectivity index (χ0n) is 10.8. The fraction of sp³-hybridized carbons (Fsp3) is 0.429. The van der Waals surface area contributed by atoms with E-state index in [0.717, 1.165) is 10.9 Å². The van der Waals surface area contributed by atoms with Crippen molar-refractivity contribution < 1.29 is 14.3 Å². The molecule has 102 valence electrons. The maximum Gasteiger partial charge on any atom is 0.310 e. The van der Waals surface area contributed by atoms with Crippen molar-refractivity contribution in [1.82, 2.24) is 4.90 Å². The van der Waals surface area contributed by atoms with Gasteiger partial charge in [-0.3, -0.25) is 9.59 Å². The average Bonchev–Trinajstić information content (AvgIpc) is 2.79. The van der Waals surface area contributed by atoms with Crippen LogP contribution in [0.15, 0.2) is 28.7 Å². The number of hydrogen-bond donors (Lipinski definition) is 0. The van der Waals surface area contributed by atoms with Crippen molar-refractivity contribution in [1.29, 1.82) is 0 Å². The lowest BCUT2D eigenvalue weighted by Gasteiger charge is -2.16. The Kier molecular flexibility index (Phi) is 4.58. The van der Waals surface area contributed by atoms with Gasteiger partial charge in [0.15, 0.2) is 0 Å². The molecule has 0 aromatic heterocycles. The molecule has 0 radical (unpaired) electrons. The number of amides is 1. The first-order valence-corrected chi connectivity index (χ1v) is 6.99. The summed E-state index contributed by atoms with van der Waals surface area (Å²) in [5, 5.41) is 0. The molecule has 1 unspecified atom stereocenters. The number of halogens is 1. The summed E-state index contributed by atoms with van der Waals surface area (Å²) in [4.78, 5) is 24.9. The van der Waals surface area contributed by atoms with Crippen molar-refractivity contribution in [3.63, 3.8) is 0 Å². The summed E-state index contributed by atoms with van der Waals surface area (Å²) in [6.45, 7) is 1.12. The third kappa shape index (κ3) is 3.56. The molecule has 19 heavy (non-hydrogen) atoms. The van der Waals surface area contributed by atoms with E-state index < -0.39 is 0 Å². The van der Waals surface area contributed by atoms with E-state index in [0.29, 0.717) is 13.1 Å². The van der Waals surface area contributed by atoms with Gasteiger partial charge in [-0.05, 0) is 24.1 Å². The number of carbonyl (C=O) groups excluding carboxylic acids is 2. The lowest BCUT2D eigenvalue weighted by molar-refractivity contribution is -0.145. The van der Waals surface area contributed by atoms with E-state index >= 15 is 0 Å². The van der Waals surface area contributed by atoms with E-state index in [-0.39, 0.29) is 24.2 Å². The van der Waals surface area contributed by atoms with Crippen LogP contribution in [0.5, 0.6) is 0 Å². The van der Waals surface area contributed by atoms with Crippen LogP contribution in [0, 0.1) is 5.92 Å². The molecule has 1 aliphatic rings. The van der Waals surface area contributed by atoms with Gasteiger partial charge in [-0.1, -0.05) is 28.1 Å². The quantitative estimate of drug-likeness (QED) is 0.795.